The van der Waals surface area contributed by atoms with Crippen LogP contribution in [0.2, 0.25) is 0 Å². The molecule has 0 aliphatic rings. The van der Waals surface area contributed by atoms with Crippen LogP contribution >= 0.6 is 0 Å². The minimum absolute atomic E-state index is 0.249. The van der Waals surface area contributed by atoms with Crippen LogP contribution in [0.1, 0.15) is 51.8 Å². The van der Waals surface area contributed by atoms with Crippen LogP contribution in [0, 0.1) is 5.92 Å². The van der Waals surface area contributed by atoms with Gasteiger partial charge in [-0.2, -0.15) is 5.10 Å². The molecule has 1 aromatic rings. The monoisotopic (exact) mass is 310 g/mol. The largest absolute Gasteiger partial charge is 0.388 e. The van der Waals surface area contributed by atoms with E-state index in [1.54, 1.807) is 11.6 Å². The number of urea groups is 1. The second-order valence-electron chi connectivity index (χ2n) is 6.59. The number of hydrogen-bond donors (Lipinski definition) is 3. The Hall–Kier alpha value is -1.56. The van der Waals surface area contributed by atoms with Gasteiger partial charge in [-0.3, -0.25) is 4.68 Å². The van der Waals surface area contributed by atoms with Crippen LogP contribution in [0.15, 0.2) is 6.20 Å². The number of amides is 2. The Balaban J connectivity index is 2.37. The summed E-state index contributed by atoms with van der Waals surface area (Å²) in [7, 11) is 1.87. The summed E-state index contributed by atoms with van der Waals surface area (Å²) < 4.78 is 1.75. The number of nitrogens with zero attached hydrogens (tertiary/aromatic N) is 2. The highest BCUT2D eigenvalue weighted by Crippen LogP contribution is 2.15. The molecule has 0 aliphatic carbocycles. The summed E-state index contributed by atoms with van der Waals surface area (Å²) >= 11 is 0. The van der Waals surface area contributed by atoms with Crippen LogP contribution in [0.25, 0.3) is 0 Å². The van der Waals surface area contributed by atoms with Crippen molar-refractivity contribution in [2.24, 2.45) is 13.0 Å². The molecule has 0 saturated heterocycles. The van der Waals surface area contributed by atoms with E-state index in [2.05, 4.69) is 29.6 Å². The molecule has 3 N–H and O–H groups in total. The van der Waals surface area contributed by atoms with Crippen molar-refractivity contribution in [2.75, 3.05) is 6.54 Å². The quantitative estimate of drug-likeness (QED) is 0.687. The van der Waals surface area contributed by atoms with E-state index in [4.69, 9.17) is 0 Å². The summed E-state index contributed by atoms with van der Waals surface area (Å²) in [6.45, 7) is 8.73. The highest BCUT2D eigenvalue weighted by molar-refractivity contribution is 5.73. The molecule has 126 valence electrons. The van der Waals surface area contributed by atoms with Gasteiger partial charge in [0.15, 0.2) is 0 Å². The molecule has 0 aromatic carbocycles. The van der Waals surface area contributed by atoms with E-state index in [1.807, 2.05) is 20.2 Å². The van der Waals surface area contributed by atoms with Gasteiger partial charge in [0, 0.05) is 31.9 Å². The third-order valence-corrected chi connectivity index (χ3v) is 3.66. The van der Waals surface area contributed by atoms with Gasteiger partial charge >= 0.3 is 6.03 Å². The molecule has 0 radical (unpaired) electrons. The molecule has 2 amide bonds. The fourth-order valence-corrected chi connectivity index (χ4v) is 2.23. The minimum atomic E-state index is -0.871. The summed E-state index contributed by atoms with van der Waals surface area (Å²) in [5.74, 6) is 0.540. The maximum atomic E-state index is 11.8. The molecule has 0 bridgehead atoms. The van der Waals surface area contributed by atoms with Crippen LogP contribution in [-0.2, 0) is 20.0 Å². The number of rotatable bonds is 8. The average molecular weight is 310 g/mol. The first kappa shape index (κ1) is 18.5. The van der Waals surface area contributed by atoms with Gasteiger partial charge in [-0.25, -0.2) is 4.79 Å². The average Bonchev–Trinajstić information content (AvgIpc) is 2.81. The third-order valence-electron chi connectivity index (χ3n) is 3.66. The second-order valence-corrected chi connectivity index (χ2v) is 6.59. The number of carbonyl (C=O) groups excluding carboxylic acids is 1. The topological polar surface area (TPSA) is 79.2 Å². The zero-order valence-corrected chi connectivity index (χ0v) is 14.4. The van der Waals surface area contributed by atoms with Gasteiger partial charge in [-0.1, -0.05) is 20.8 Å². The van der Waals surface area contributed by atoms with Gasteiger partial charge in [0.2, 0.25) is 0 Å². The first-order chi connectivity index (χ1) is 10.2. The molecule has 1 atom stereocenters. The SMILES string of the molecule is CCc1nn(C)cc1CNC(=O)NCC(C)(O)CCC(C)C. The summed E-state index contributed by atoms with van der Waals surface area (Å²) in [6, 6.07) is -0.268. The van der Waals surface area contributed by atoms with Gasteiger partial charge in [-0.05, 0) is 32.1 Å². The van der Waals surface area contributed by atoms with E-state index in [9.17, 15) is 9.90 Å². The van der Waals surface area contributed by atoms with Crippen LogP contribution < -0.4 is 10.6 Å². The standard InChI is InChI=1S/C16H30N4O2/c1-6-14-13(10-20(5)19-14)9-17-15(21)18-11-16(4,22)8-7-12(2)3/h10,12,22H,6-9,11H2,1-5H3,(H2,17,18,21). The smallest absolute Gasteiger partial charge is 0.315 e. The molecule has 1 aromatic heterocycles. The van der Waals surface area contributed by atoms with Crippen LogP contribution in [0.5, 0.6) is 0 Å². The molecule has 1 unspecified atom stereocenters. The van der Waals surface area contributed by atoms with Crippen molar-refractivity contribution >= 4 is 6.03 Å². The lowest BCUT2D eigenvalue weighted by molar-refractivity contribution is 0.0476. The number of aryl methyl sites for hydroxylation is 2. The summed E-state index contributed by atoms with van der Waals surface area (Å²) in [5, 5.41) is 20.1. The van der Waals surface area contributed by atoms with Crippen LogP contribution in [0.3, 0.4) is 0 Å². The maximum absolute atomic E-state index is 11.8. The van der Waals surface area contributed by atoms with E-state index < -0.39 is 5.60 Å². The van der Waals surface area contributed by atoms with E-state index >= 15 is 0 Å². The van der Waals surface area contributed by atoms with Crippen molar-refractivity contribution in [1.82, 2.24) is 20.4 Å². The number of aromatic nitrogens is 2. The van der Waals surface area contributed by atoms with Crippen molar-refractivity contribution < 1.29 is 9.90 Å². The number of hydrogen-bond acceptors (Lipinski definition) is 3. The predicted molar refractivity (Wildman–Crippen MR) is 87.5 cm³/mol. The molecule has 0 fully saturated rings. The molecule has 6 nitrogen and oxygen atoms in total. The molecule has 1 rings (SSSR count). The lowest BCUT2D eigenvalue weighted by Crippen LogP contribution is -2.44. The van der Waals surface area contributed by atoms with Gasteiger partial charge in [0.05, 0.1) is 11.3 Å². The summed E-state index contributed by atoms with van der Waals surface area (Å²) in [5.41, 5.74) is 1.14. The normalized spacial score (nSPS) is 14.0. The molecule has 0 saturated carbocycles. The van der Waals surface area contributed by atoms with Gasteiger partial charge in [0.1, 0.15) is 0 Å². The number of aliphatic hydroxyl groups is 1. The number of carbonyl (C=O) groups is 1. The first-order valence-electron chi connectivity index (χ1n) is 7.99. The zero-order valence-electron chi connectivity index (χ0n) is 14.4. The molecular formula is C16H30N4O2. The Bertz CT molecular complexity index is 480. The summed E-state index contributed by atoms with van der Waals surface area (Å²) in [4.78, 5) is 11.8. The molecule has 0 aliphatic heterocycles. The van der Waals surface area contributed by atoms with Crippen molar-refractivity contribution in [3.8, 4) is 0 Å². The zero-order chi connectivity index (χ0) is 16.8. The second kappa shape index (κ2) is 8.17. The highest BCUT2D eigenvalue weighted by Gasteiger charge is 2.21. The minimum Gasteiger partial charge on any atom is -0.388 e. The summed E-state index contributed by atoms with van der Waals surface area (Å²) in [6.07, 6.45) is 4.36. The Morgan fingerprint density at radius 2 is 2.14 bits per heavy atom. The Morgan fingerprint density at radius 1 is 1.45 bits per heavy atom. The molecule has 22 heavy (non-hydrogen) atoms. The third kappa shape index (κ3) is 6.47. The van der Waals surface area contributed by atoms with E-state index in [1.165, 1.54) is 0 Å². The fraction of sp³-hybridized carbons (Fsp3) is 0.750. The molecule has 6 heteroatoms. The van der Waals surface area contributed by atoms with E-state index in [-0.39, 0.29) is 12.6 Å². The van der Waals surface area contributed by atoms with Crippen LogP contribution in [0.4, 0.5) is 4.79 Å². The first-order valence-corrected chi connectivity index (χ1v) is 7.99. The number of nitrogens with one attached hydrogen (secondary N) is 2. The fourth-order valence-electron chi connectivity index (χ4n) is 2.23. The predicted octanol–water partition coefficient (Wildman–Crippen LogP) is 1.97. The lowest BCUT2D eigenvalue weighted by Gasteiger charge is -2.24. The lowest BCUT2D eigenvalue weighted by atomic mass is 9.95. The van der Waals surface area contributed by atoms with E-state index in [0.29, 0.717) is 18.9 Å². The van der Waals surface area contributed by atoms with Crippen molar-refractivity contribution in [3.63, 3.8) is 0 Å². The Kier molecular flexibility index (Phi) is 6.87. The van der Waals surface area contributed by atoms with Crippen molar-refractivity contribution in [1.29, 1.82) is 0 Å². The highest BCUT2D eigenvalue weighted by atomic mass is 16.3. The van der Waals surface area contributed by atoms with Gasteiger partial charge < -0.3 is 15.7 Å². The van der Waals surface area contributed by atoms with Gasteiger partial charge in [0.25, 0.3) is 0 Å². The Labute approximate surface area is 133 Å². The van der Waals surface area contributed by atoms with Gasteiger partial charge in [-0.15, -0.1) is 0 Å². The maximum Gasteiger partial charge on any atom is 0.315 e. The van der Waals surface area contributed by atoms with Crippen molar-refractivity contribution in [2.45, 2.75) is 59.1 Å². The van der Waals surface area contributed by atoms with Crippen molar-refractivity contribution in [3.05, 3.63) is 17.5 Å². The molecular weight excluding hydrogens is 280 g/mol. The van der Waals surface area contributed by atoms with Crippen LogP contribution in [-0.4, -0.2) is 33.1 Å². The molecule has 1 heterocycles. The van der Waals surface area contributed by atoms with E-state index in [0.717, 1.165) is 24.1 Å². The Morgan fingerprint density at radius 3 is 2.73 bits per heavy atom. The molecule has 0 spiro atoms.